The molecule has 0 aliphatic carbocycles. The third-order valence-corrected chi connectivity index (χ3v) is 4.58. The highest BCUT2D eigenvalue weighted by molar-refractivity contribution is 5.79. The highest BCUT2D eigenvalue weighted by atomic mass is 16.5. The van der Waals surface area contributed by atoms with Crippen LogP contribution in [-0.2, 0) is 24.2 Å². The van der Waals surface area contributed by atoms with Crippen molar-refractivity contribution in [2.24, 2.45) is 0 Å². The molecule has 6 nitrogen and oxygen atoms in total. The molecule has 0 spiro atoms. The molecule has 1 amide bonds. The van der Waals surface area contributed by atoms with Crippen LogP contribution in [0.4, 0.5) is 0 Å². The van der Waals surface area contributed by atoms with E-state index >= 15 is 0 Å². The second-order valence-corrected chi connectivity index (χ2v) is 6.02. The van der Waals surface area contributed by atoms with E-state index in [9.17, 15) is 4.79 Å². The summed E-state index contributed by atoms with van der Waals surface area (Å²) in [5.41, 5.74) is 3.97. The van der Waals surface area contributed by atoms with Crippen LogP contribution in [0.5, 0.6) is 11.5 Å². The molecule has 1 aliphatic heterocycles. The number of ether oxygens (including phenoxy) is 2. The highest BCUT2D eigenvalue weighted by Gasteiger charge is 2.24. The van der Waals surface area contributed by atoms with Gasteiger partial charge in [0.15, 0.2) is 11.5 Å². The quantitative estimate of drug-likeness (QED) is 0.861. The first kappa shape index (κ1) is 16.4. The summed E-state index contributed by atoms with van der Waals surface area (Å²) in [4.78, 5) is 14.5. The number of carbonyl (C=O) groups excluding carboxylic acids is 1. The molecule has 1 aliphatic rings. The van der Waals surface area contributed by atoms with Crippen LogP contribution in [0.3, 0.4) is 0 Å². The van der Waals surface area contributed by atoms with Crippen LogP contribution in [0.1, 0.15) is 28.1 Å². The number of aryl methyl sites for hydroxylation is 2. The van der Waals surface area contributed by atoms with Crippen molar-refractivity contribution in [2.45, 2.75) is 33.2 Å². The Labute approximate surface area is 141 Å². The van der Waals surface area contributed by atoms with Gasteiger partial charge in [0.05, 0.1) is 26.3 Å². The summed E-state index contributed by atoms with van der Waals surface area (Å²) in [6.07, 6.45) is 1.13. The molecular formula is C18H22N2O4. The molecule has 1 aromatic heterocycles. The Kier molecular flexibility index (Phi) is 4.46. The summed E-state index contributed by atoms with van der Waals surface area (Å²) in [6.45, 7) is 4.98. The molecule has 2 aromatic rings. The van der Waals surface area contributed by atoms with Gasteiger partial charge in [-0.05, 0) is 43.5 Å². The SMILES string of the molecule is COc1cc2c(cc1OC)CN(C(=O)Cc1c(C)noc1C)CC2. The fraction of sp³-hybridized carbons (Fsp3) is 0.444. The van der Waals surface area contributed by atoms with Gasteiger partial charge in [-0.2, -0.15) is 0 Å². The zero-order chi connectivity index (χ0) is 17.3. The van der Waals surface area contributed by atoms with Gasteiger partial charge in [0, 0.05) is 18.7 Å². The zero-order valence-electron chi connectivity index (χ0n) is 14.5. The Balaban J connectivity index is 1.78. The Bertz CT molecular complexity index is 747. The monoisotopic (exact) mass is 330 g/mol. The van der Waals surface area contributed by atoms with Crippen LogP contribution in [0.15, 0.2) is 16.7 Å². The van der Waals surface area contributed by atoms with Gasteiger partial charge in [-0.15, -0.1) is 0 Å². The first-order valence-electron chi connectivity index (χ1n) is 7.96. The first-order valence-corrected chi connectivity index (χ1v) is 7.96. The number of carbonyl (C=O) groups is 1. The van der Waals surface area contributed by atoms with Gasteiger partial charge in [0.25, 0.3) is 0 Å². The van der Waals surface area contributed by atoms with Crippen LogP contribution in [-0.4, -0.2) is 36.7 Å². The lowest BCUT2D eigenvalue weighted by molar-refractivity contribution is -0.131. The van der Waals surface area contributed by atoms with Crippen LogP contribution in [0.2, 0.25) is 0 Å². The van der Waals surface area contributed by atoms with Crippen molar-refractivity contribution in [3.63, 3.8) is 0 Å². The molecule has 0 saturated heterocycles. The van der Waals surface area contributed by atoms with E-state index in [0.717, 1.165) is 29.0 Å². The van der Waals surface area contributed by atoms with E-state index in [1.54, 1.807) is 14.2 Å². The van der Waals surface area contributed by atoms with Crippen LogP contribution >= 0.6 is 0 Å². The maximum Gasteiger partial charge on any atom is 0.227 e. The normalized spacial score (nSPS) is 13.6. The van der Waals surface area contributed by atoms with Gasteiger partial charge in [-0.1, -0.05) is 5.16 Å². The van der Waals surface area contributed by atoms with Crippen molar-refractivity contribution in [3.8, 4) is 11.5 Å². The lowest BCUT2D eigenvalue weighted by atomic mass is 9.98. The number of rotatable bonds is 4. The van der Waals surface area contributed by atoms with E-state index in [2.05, 4.69) is 5.16 Å². The number of hydrogen-bond donors (Lipinski definition) is 0. The average molecular weight is 330 g/mol. The van der Waals surface area contributed by atoms with Gasteiger partial charge in [0.2, 0.25) is 5.91 Å². The fourth-order valence-corrected chi connectivity index (χ4v) is 3.11. The van der Waals surface area contributed by atoms with E-state index in [-0.39, 0.29) is 5.91 Å². The molecule has 0 radical (unpaired) electrons. The summed E-state index contributed by atoms with van der Waals surface area (Å²) in [5.74, 6) is 2.22. The fourth-order valence-electron chi connectivity index (χ4n) is 3.11. The molecular weight excluding hydrogens is 308 g/mol. The van der Waals surface area contributed by atoms with Crippen molar-refractivity contribution < 1.29 is 18.8 Å². The van der Waals surface area contributed by atoms with Gasteiger partial charge in [-0.3, -0.25) is 4.79 Å². The highest BCUT2D eigenvalue weighted by Crippen LogP contribution is 2.33. The number of benzene rings is 1. The third-order valence-electron chi connectivity index (χ3n) is 4.58. The Morgan fingerprint density at radius 3 is 2.46 bits per heavy atom. The summed E-state index contributed by atoms with van der Waals surface area (Å²) < 4.78 is 15.9. The first-order chi connectivity index (χ1) is 11.5. The number of methoxy groups -OCH3 is 2. The number of aromatic nitrogens is 1. The Hall–Kier alpha value is -2.50. The molecule has 3 rings (SSSR count). The maximum atomic E-state index is 12.7. The molecule has 6 heteroatoms. The average Bonchev–Trinajstić information content (AvgIpc) is 2.91. The second kappa shape index (κ2) is 6.55. The standard InChI is InChI=1S/C18H22N2O4/c1-11-15(12(2)24-19-11)9-18(21)20-6-5-13-7-16(22-3)17(23-4)8-14(13)10-20/h7-8H,5-6,9-10H2,1-4H3. The summed E-state index contributed by atoms with van der Waals surface area (Å²) in [7, 11) is 3.25. The van der Waals surface area contributed by atoms with Crippen molar-refractivity contribution in [1.82, 2.24) is 10.1 Å². The van der Waals surface area contributed by atoms with E-state index < -0.39 is 0 Å². The topological polar surface area (TPSA) is 64.8 Å². The van der Waals surface area contributed by atoms with Crippen molar-refractivity contribution in [1.29, 1.82) is 0 Å². The second-order valence-electron chi connectivity index (χ2n) is 6.02. The van der Waals surface area contributed by atoms with Crippen LogP contribution in [0.25, 0.3) is 0 Å². The minimum Gasteiger partial charge on any atom is -0.493 e. The Morgan fingerprint density at radius 1 is 1.21 bits per heavy atom. The van der Waals surface area contributed by atoms with Crippen molar-refractivity contribution in [2.75, 3.05) is 20.8 Å². The van der Waals surface area contributed by atoms with E-state index in [1.807, 2.05) is 30.9 Å². The lowest BCUT2D eigenvalue weighted by Gasteiger charge is -2.29. The lowest BCUT2D eigenvalue weighted by Crippen LogP contribution is -2.37. The van der Waals surface area contributed by atoms with Gasteiger partial charge >= 0.3 is 0 Å². The van der Waals surface area contributed by atoms with Gasteiger partial charge in [0.1, 0.15) is 5.76 Å². The third kappa shape index (κ3) is 2.96. The maximum absolute atomic E-state index is 12.7. The Morgan fingerprint density at radius 2 is 1.88 bits per heavy atom. The summed E-state index contributed by atoms with van der Waals surface area (Å²) in [5, 5.41) is 3.92. The predicted molar refractivity (Wildman–Crippen MR) is 88.3 cm³/mol. The molecule has 2 heterocycles. The van der Waals surface area contributed by atoms with Crippen molar-refractivity contribution in [3.05, 3.63) is 40.3 Å². The van der Waals surface area contributed by atoms with Crippen molar-refractivity contribution >= 4 is 5.91 Å². The van der Waals surface area contributed by atoms with Gasteiger partial charge in [-0.25, -0.2) is 0 Å². The molecule has 0 N–H and O–H groups in total. The molecule has 1 aromatic carbocycles. The predicted octanol–water partition coefficient (Wildman–Crippen LogP) is 2.44. The van der Waals surface area contributed by atoms with E-state index in [1.165, 1.54) is 5.56 Å². The van der Waals surface area contributed by atoms with E-state index in [4.69, 9.17) is 14.0 Å². The molecule has 0 fully saturated rings. The minimum absolute atomic E-state index is 0.0878. The molecule has 24 heavy (non-hydrogen) atoms. The smallest absolute Gasteiger partial charge is 0.227 e. The molecule has 128 valence electrons. The largest absolute Gasteiger partial charge is 0.493 e. The number of fused-ring (bicyclic) bond motifs is 1. The summed E-state index contributed by atoms with van der Waals surface area (Å²) in [6, 6.07) is 3.97. The molecule has 0 bridgehead atoms. The molecule has 0 saturated carbocycles. The van der Waals surface area contributed by atoms with Gasteiger partial charge < -0.3 is 18.9 Å². The minimum atomic E-state index is 0.0878. The number of hydrogen-bond acceptors (Lipinski definition) is 5. The zero-order valence-corrected chi connectivity index (χ0v) is 14.5. The van der Waals surface area contributed by atoms with E-state index in [0.29, 0.717) is 31.0 Å². The number of amides is 1. The molecule has 0 atom stereocenters. The number of nitrogens with zero attached hydrogens (tertiary/aromatic N) is 2. The molecule has 0 unspecified atom stereocenters. The van der Waals surface area contributed by atoms with Crippen LogP contribution < -0.4 is 9.47 Å². The summed E-state index contributed by atoms with van der Waals surface area (Å²) >= 11 is 0. The van der Waals surface area contributed by atoms with Crippen LogP contribution in [0, 0.1) is 13.8 Å².